The van der Waals surface area contributed by atoms with Gasteiger partial charge >= 0.3 is 0 Å². The zero-order chi connectivity index (χ0) is 20.6. The van der Waals surface area contributed by atoms with Crippen LogP contribution >= 0.6 is 11.3 Å². The van der Waals surface area contributed by atoms with Gasteiger partial charge in [-0.15, -0.1) is 11.3 Å². The number of likely N-dealkylation sites (N-methyl/N-ethyl adjacent to an activating group) is 1. The molecule has 1 amide bonds. The van der Waals surface area contributed by atoms with Crippen molar-refractivity contribution in [2.75, 3.05) is 40.3 Å². The first-order valence-corrected chi connectivity index (χ1v) is 10.9. The van der Waals surface area contributed by atoms with Crippen molar-refractivity contribution in [3.63, 3.8) is 0 Å². The zero-order valence-electron chi connectivity index (χ0n) is 17.9. The van der Waals surface area contributed by atoms with E-state index >= 15 is 0 Å². The van der Waals surface area contributed by atoms with Crippen LogP contribution in [0, 0.1) is 0 Å². The molecule has 0 saturated carbocycles. The van der Waals surface area contributed by atoms with Crippen molar-refractivity contribution in [1.82, 2.24) is 20.5 Å². The predicted octanol–water partition coefficient (Wildman–Crippen LogP) is 2.18. The highest BCUT2D eigenvalue weighted by Gasteiger charge is 2.18. The van der Waals surface area contributed by atoms with E-state index in [-0.39, 0.29) is 24.0 Å². The minimum Gasteiger partial charge on any atom is -0.376 e. The van der Waals surface area contributed by atoms with E-state index in [0.29, 0.717) is 19.0 Å². The molecule has 8 heteroatoms. The molecule has 0 bridgehead atoms. The molecule has 1 aliphatic rings. The number of amides is 1. The topological polar surface area (TPSA) is 78.9 Å². The van der Waals surface area contributed by atoms with Crippen LogP contribution in [0.2, 0.25) is 0 Å². The number of rotatable bonds is 7. The second-order valence-electron chi connectivity index (χ2n) is 8.39. The molecule has 1 saturated heterocycles. The lowest BCUT2D eigenvalue weighted by molar-refractivity contribution is -0.127. The SMILES string of the molecule is CN(C)C(=O)CN=C(NCCc1csc(C(C)(C)C)n1)NCC1CCCCO1. The maximum absolute atomic E-state index is 11.9. The first-order valence-electron chi connectivity index (χ1n) is 10.0. The van der Waals surface area contributed by atoms with Gasteiger partial charge in [0, 0.05) is 51.0 Å². The van der Waals surface area contributed by atoms with Crippen LogP contribution in [0.3, 0.4) is 0 Å². The van der Waals surface area contributed by atoms with Gasteiger partial charge in [-0.05, 0) is 19.3 Å². The third-order valence-corrected chi connectivity index (χ3v) is 5.83. The van der Waals surface area contributed by atoms with E-state index in [2.05, 4.69) is 41.8 Å². The summed E-state index contributed by atoms with van der Waals surface area (Å²) in [7, 11) is 3.48. The second-order valence-corrected chi connectivity index (χ2v) is 9.25. The van der Waals surface area contributed by atoms with Gasteiger partial charge < -0.3 is 20.3 Å². The van der Waals surface area contributed by atoms with Gasteiger partial charge in [-0.3, -0.25) is 4.79 Å². The summed E-state index contributed by atoms with van der Waals surface area (Å²) in [4.78, 5) is 22.6. The van der Waals surface area contributed by atoms with Gasteiger partial charge in [0.1, 0.15) is 6.54 Å². The molecule has 2 N–H and O–H groups in total. The lowest BCUT2D eigenvalue weighted by Gasteiger charge is -2.24. The van der Waals surface area contributed by atoms with Gasteiger partial charge in [-0.25, -0.2) is 9.98 Å². The second kappa shape index (κ2) is 10.8. The summed E-state index contributed by atoms with van der Waals surface area (Å²) in [6.07, 6.45) is 4.42. The molecule has 28 heavy (non-hydrogen) atoms. The van der Waals surface area contributed by atoms with Gasteiger partial charge in [-0.1, -0.05) is 20.8 Å². The van der Waals surface area contributed by atoms with Crippen LogP contribution in [0.15, 0.2) is 10.4 Å². The monoisotopic (exact) mass is 409 g/mol. The van der Waals surface area contributed by atoms with Gasteiger partial charge in [0.2, 0.25) is 5.91 Å². The fraction of sp³-hybridized carbons (Fsp3) is 0.750. The van der Waals surface area contributed by atoms with Crippen molar-refractivity contribution in [3.8, 4) is 0 Å². The molecule has 1 fully saturated rings. The van der Waals surface area contributed by atoms with E-state index in [1.807, 2.05) is 0 Å². The number of ether oxygens (including phenoxy) is 1. The molecular weight excluding hydrogens is 374 g/mol. The van der Waals surface area contributed by atoms with Crippen molar-refractivity contribution >= 4 is 23.2 Å². The summed E-state index contributed by atoms with van der Waals surface area (Å²) in [5.41, 5.74) is 1.17. The van der Waals surface area contributed by atoms with Crippen LogP contribution in [0.4, 0.5) is 0 Å². The fourth-order valence-corrected chi connectivity index (χ4v) is 3.66. The Labute approximate surface area is 173 Å². The highest BCUT2D eigenvalue weighted by atomic mass is 32.1. The molecule has 0 aromatic carbocycles. The standard InChI is InChI=1S/C20H35N5O2S/c1-20(2,3)18-24-15(14-28-18)9-10-21-19(23-13-17(26)25(4)5)22-12-16-8-6-7-11-27-16/h14,16H,6-13H2,1-5H3,(H2,21,22,23). The number of carbonyl (C=O) groups is 1. The average molecular weight is 410 g/mol. The third kappa shape index (κ3) is 7.75. The number of hydrogen-bond donors (Lipinski definition) is 2. The van der Waals surface area contributed by atoms with Crippen molar-refractivity contribution in [2.45, 2.75) is 58.0 Å². The molecular formula is C20H35N5O2S. The highest BCUT2D eigenvalue weighted by molar-refractivity contribution is 7.09. The van der Waals surface area contributed by atoms with Crippen LogP contribution in [0.1, 0.15) is 50.7 Å². The highest BCUT2D eigenvalue weighted by Crippen LogP contribution is 2.25. The summed E-state index contributed by atoms with van der Waals surface area (Å²) in [6.45, 7) is 8.89. The third-order valence-electron chi connectivity index (χ3n) is 4.51. The molecule has 2 heterocycles. The largest absolute Gasteiger partial charge is 0.376 e. The van der Waals surface area contributed by atoms with Crippen molar-refractivity contribution < 1.29 is 9.53 Å². The summed E-state index contributed by atoms with van der Waals surface area (Å²) in [5, 5.41) is 9.93. The van der Waals surface area contributed by atoms with Crippen LogP contribution in [-0.4, -0.2) is 68.2 Å². The first kappa shape index (κ1) is 22.6. The first-order chi connectivity index (χ1) is 13.3. The van der Waals surface area contributed by atoms with Gasteiger partial charge in [0.15, 0.2) is 5.96 Å². The summed E-state index contributed by atoms with van der Waals surface area (Å²) in [6, 6.07) is 0. The fourth-order valence-electron chi connectivity index (χ4n) is 2.72. The number of nitrogens with one attached hydrogen (secondary N) is 2. The summed E-state index contributed by atoms with van der Waals surface area (Å²) in [5.74, 6) is 0.625. The Balaban J connectivity index is 1.87. The molecule has 0 aliphatic carbocycles. The van der Waals surface area contributed by atoms with Crippen molar-refractivity contribution in [3.05, 3.63) is 16.1 Å². The number of thiazole rings is 1. The van der Waals surface area contributed by atoms with E-state index in [9.17, 15) is 4.79 Å². The molecule has 1 unspecified atom stereocenters. The summed E-state index contributed by atoms with van der Waals surface area (Å²) >= 11 is 1.71. The Bertz CT molecular complexity index is 645. The van der Waals surface area contributed by atoms with Crippen molar-refractivity contribution in [1.29, 1.82) is 0 Å². The summed E-state index contributed by atoms with van der Waals surface area (Å²) < 4.78 is 5.77. The molecule has 2 rings (SSSR count). The predicted molar refractivity (Wildman–Crippen MR) is 115 cm³/mol. The number of nitrogens with zero attached hydrogens (tertiary/aromatic N) is 3. The maximum atomic E-state index is 11.9. The Kier molecular flexibility index (Phi) is 8.69. The van der Waals surface area contributed by atoms with E-state index < -0.39 is 0 Å². The van der Waals surface area contributed by atoms with E-state index in [1.54, 1.807) is 30.3 Å². The molecule has 1 aromatic rings. The van der Waals surface area contributed by atoms with Crippen molar-refractivity contribution in [2.24, 2.45) is 4.99 Å². The number of carbonyl (C=O) groups excluding carboxylic acids is 1. The minimum atomic E-state index is -0.0238. The van der Waals surface area contributed by atoms with Gasteiger partial charge in [0.25, 0.3) is 0 Å². The lowest BCUT2D eigenvalue weighted by atomic mass is 9.98. The molecule has 0 spiro atoms. The van der Waals surface area contributed by atoms with Gasteiger partial charge in [0.05, 0.1) is 16.8 Å². The molecule has 0 radical (unpaired) electrons. The van der Waals surface area contributed by atoms with Crippen LogP contribution in [0.25, 0.3) is 0 Å². The van der Waals surface area contributed by atoms with E-state index in [4.69, 9.17) is 9.72 Å². The molecule has 1 atom stereocenters. The average Bonchev–Trinajstić information content (AvgIpc) is 3.13. The Morgan fingerprint density at radius 3 is 2.75 bits per heavy atom. The van der Waals surface area contributed by atoms with E-state index in [1.165, 1.54) is 6.42 Å². The Morgan fingerprint density at radius 1 is 1.36 bits per heavy atom. The smallest absolute Gasteiger partial charge is 0.243 e. The normalized spacial score (nSPS) is 18.0. The quantitative estimate of drug-likeness (QED) is 0.533. The minimum absolute atomic E-state index is 0.0238. The van der Waals surface area contributed by atoms with Crippen LogP contribution < -0.4 is 10.6 Å². The Hall–Kier alpha value is -1.67. The number of aromatic nitrogens is 1. The molecule has 7 nitrogen and oxygen atoms in total. The zero-order valence-corrected chi connectivity index (χ0v) is 18.7. The molecule has 158 valence electrons. The Morgan fingerprint density at radius 2 is 2.14 bits per heavy atom. The van der Waals surface area contributed by atoms with Gasteiger partial charge in [-0.2, -0.15) is 0 Å². The van der Waals surface area contributed by atoms with Crippen LogP contribution in [-0.2, 0) is 21.4 Å². The molecule has 1 aromatic heterocycles. The van der Waals surface area contributed by atoms with Crippen LogP contribution in [0.5, 0.6) is 0 Å². The maximum Gasteiger partial charge on any atom is 0.243 e. The van der Waals surface area contributed by atoms with E-state index in [0.717, 1.165) is 36.6 Å². The lowest BCUT2D eigenvalue weighted by Crippen LogP contribution is -2.43. The number of guanidine groups is 1. The number of aliphatic imine (C=N–C) groups is 1. The number of hydrogen-bond acceptors (Lipinski definition) is 5. The molecule has 1 aliphatic heterocycles.